The SMILES string of the molecule is CCCCCCCCCCCCCCCCC(=O)OC[C@H](COP(=O)(O)OC[C@@H](O)COP(=O)(O)OC[C@@H](COC(=O)CCCCCCCCCCC(C)CC)OC(=O)CCCCCCCCCCCC(C)C)OC(=O)CCCCCCCCCCCCCCCCCCC(C)C. The Morgan fingerprint density at radius 3 is 0.784 bits per heavy atom. The van der Waals surface area contributed by atoms with E-state index >= 15 is 0 Å². The second-order valence-corrected chi connectivity index (χ2v) is 32.2. The van der Waals surface area contributed by atoms with Gasteiger partial charge in [-0.15, -0.1) is 0 Å². The van der Waals surface area contributed by atoms with E-state index in [0.29, 0.717) is 25.7 Å². The fourth-order valence-corrected chi connectivity index (χ4v) is 13.5. The largest absolute Gasteiger partial charge is 0.472 e. The van der Waals surface area contributed by atoms with Crippen molar-refractivity contribution in [3.8, 4) is 0 Å². The summed E-state index contributed by atoms with van der Waals surface area (Å²) in [6, 6.07) is 0. The molecule has 0 radical (unpaired) electrons. The fraction of sp³-hybridized carbons (Fsp3) is 0.949. The minimum Gasteiger partial charge on any atom is -0.462 e. The summed E-state index contributed by atoms with van der Waals surface area (Å²) >= 11 is 0. The summed E-state index contributed by atoms with van der Waals surface area (Å²) in [6.45, 7) is 11.9. The standard InChI is InChI=1S/C78H152O17P2/c1-8-10-11-12-13-14-15-16-22-25-30-38-45-52-59-75(80)88-65-73(94-77(82)61-54-47-40-31-26-23-20-18-17-19-21-24-28-35-42-49-56-69(3)4)67-92-96(84,85)90-63-72(79)64-91-97(86,87)93-68-74(95-78(83)62-55-48-41-32-27-29-36-43-50-57-70(5)6)66-89-76(81)60-53-46-39-34-33-37-44-51-58-71(7)9-2/h69-74,79H,8-68H2,1-7H3,(H,84,85)(H,86,87)/t71?,72-,73-,74-/m1/s1. The van der Waals surface area contributed by atoms with E-state index in [0.717, 1.165) is 108 Å². The molecular formula is C78H152O17P2. The second-order valence-electron chi connectivity index (χ2n) is 29.3. The normalized spacial score (nSPS) is 14.3. The lowest BCUT2D eigenvalue weighted by atomic mass is 9.99. The first-order valence-electron chi connectivity index (χ1n) is 40.4. The highest BCUT2D eigenvalue weighted by atomic mass is 31.2. The van der Waals surface area contributed by atoms with Gasteiger partial charge >= 0.3 is 39.5 Å². The van der Waals surface area contributed by atoms with E-state index in [4.69, 9.17) is 37.0 Å². The number of phosphoric ester groups is 2. The zero-order valence-electron chi connectivity index (χ0n) is 63.5. The molecule has 0 fully saturated rings. The van der Waals surface area contributed by atoms with Crippen molar-refractivity contribution in [1.82, 2.24) is 0 Å². The number of carbonyl (C=O) groups excluding carboxylic acids is 4. The van der Waals surface area contributed by atoms with Crippen LogP contribution in [0.25, 0.3) is 0 Å². The number of rotatable bonds is 76. The van der Waals surface area contributed by atoms with Crippen molar-refractivity contribution in [1.29, 1.82) is 0 Å². The Labute approximate surface area is 594 Å². The van der Waals surface area contributed by atoms with Crippen LogP contribution in [0.5, 0.6) is 0 Å². The maximum absolute atomic E-state index is 13.1. The Morgan fingerprint density at radius 2 is 0.526 bits per heavy atom. The van der Waals surface area contributed by atoms with Crippen LogP contribution in [0.3, 0.4) is 0 Å². The highest BCUT2D eigenvalue weighted by Gasteiger charge is 2.30. The van der Waals surface area contributed by atoms with Crippen molar-refractivity contribution in [2.45, 2.75) is 420 Å². The van der Waals surface area contributed by atoms with Gasteiger partial charge in [0, 0.05) is 25.7 Å². The molecule has 3 unspecified atom stereocenters. The molecule has 0 saturated carbocycles. The quantitative estimate of drug-likeness (QED) is 0.0222. The molecule has 17 nitrogen and oxygen atoms in total. The number of aliphatic hydroxyl groups is 1. The first kappa shape index (κ1) is 95.1. The van der Waals surface area contributed by atoms with Crippen LogP contribution in [0, 0.1) is 17.8 Å². The third kappa shape index (κ3) is 70.9. The monoisotopic (exact) mass is 1420 g/mol. The summed E-state index contributed by atoms with van der Waals surface area (Å²) in [5.74, 6) is 0.208. The highest BCUT2D eigenvalue weighted by Crippen LogP contribution is 2.45. The summed E-state index contributed by atoms with van der Waals surface area (Å²) in [7, 11) is -9.92. The lowest BCUT2D eigenvalue weighted by Crippen LogP contribution is -2.30. The Hall–Kier alpha value is -1.94. The second kappa shape index (κ2) is 68.5. The molecule has 97 heavy (non-hydrogen) atoms. The predicted molar refractivity (Wildman–Crippen MR) is 395 cm³/mol. The van der Waals surface area contributed by atoms with Gasteiger partial charge in [0.05, 0.1) is 26.4 Å². The van der Waals surface area contributed by atoms with Gasteiger partial charge < -0.3 is 33.8 Å². The molecule has 0 aliphatic carbocycles. The van der Waals surface area contributed by atoms with Gasteiger partial charge in [0.15, 0.2) is 12.2 Å². The number of hydrogen-bond donors (Lipinski definition) is 3. The van der Waals surface area contributed by atoms with Crippen LogP contribution in [-0.4, -0.2) is 96.7 Å². The van der Waals surface area contributed by atoms with Gasteiger partial charge in [-0.05, 0) is 43.4 Å². The van der Waals surface area contributed by atoms with Gasteiger partial charge in [0.2, 0.25) is 0 Å². The van der Waals surface area contributed by atoms with E-state index in [9.17, 15) is 43.2 Å². The number of ether oxygens (including phenoxy) is 4. The zero-order valence-corrected chi connectivity index (χ0v) is 65.3. The number of phosphoric acid groups is 2. The molecule has 0 spiro atoms. The molecule has 0 rings (SSSR count). The molecule has 0 aromatic rings. The zero-order chi connectivity index (χ0) is 71.6. The number of hydrogen-bond acceptors (Lipinski definition) is 15. The Bertz CT molecular complexity index is 1890. The van der Waals surface area contributed by atoms with E-state index < -0.39 is 97.5 Å². The molecule has 0 saturated heterocycles. The molecule has 0 aromatic heterocycles. The van der Waals surface area contributed by atoms with Gasteiger partial charge in [-0.3, -0.25) is 37.3 Å². The minimum absolute atomic E-state index is 0.105. The van der Waals surface area contributed by atoms with Gasteiger partial charge in [0.1, 0.15) is 19.3 Å². The minimum atomic E-state index is -4.96. The maximum Gasteiger partial charge on any atom is 0.472 e. The topological polar surface area (TPSA) is 237 Å². The van der Waals surface area contributed by atoms with Crippen LogP contribution < -0.4 is 0 Å². The highest BCUT2D eigenvalue weighted by molar-refractivity contribution is 7.47. The lowest BCUT2D eigenvalue weighted by Gasteiger charge is -2.21. The molecule has 0 aliphatic rings. The number of esters is 4. The average molecular weight is 1420 g/mol. The summed E-state index contributed by atoms with van der Waals surface area (Å²) in [6.07, 6.45) is 55.4. The molecule has 0 amide bonds. The number of carbonyl (C=O) groups is 4. The molecule has 0 heterocycles. The first-order valence-corrected chi connectivity index (χ1v) is 43.4. The van der Waals surface area contributed by atoms with Gasteiger partial charge in [-0.2, -0.15) is 0 Å². The van der Waals surface area contributed by atoms with Crippen molar-refractivity contribution in [2.75, 3.05) is 39.6 Å². The molecule has 0 bridgehead atoms. The van der Waals surface area contributed by atoms with Gasteiger partial charge in [-0.1, -0.05) is 350 Å². The number of unbranched alkanes of at least 4 members (excludes halogenated alkanes) is 43. The Kier molecular flexibility index (Phi) is 67.1. The summed E-state index contributed by atoms with van der Waals surface area (Å²) < 4.78 is 68.6. The molecule has 576 valence electrons. The van der Waals surface area contributed by atoms with Crippen LogP contribution in [0.15, 0.2) is 0 Å². The van der Waals surface area contributed by atoms with Crippen LogP contribution >= 0.6 is 15.6 Å². The molecular weight excluding hydrogens is 1270 g/mol. The predicted octanol–water partition coefficient (Wildman–Crippen LogP) is 23.0. The third-order valence-corrected chi connectivity index (χ3v) is 20.4. The van der Waals surface area contributed by atoms with Gasteiger partial charge in [0.25, 0.3) is 0 Å². The van der Waals surface area contributed by atoms with E-state index in [-0.39, 0.29) is 25.7 Å². The Balaban J connectivity index is 5.25. The van der Waals surface area contributed by atoms with Crippen molar-refractivity contribution < 1.29 is 80.2 Å². The van der Waals surface area contributed by atoms with E-state index in [1.807, 2.05) is 0 Å². The summed E-state index contributed by atoms with van der Waals surface area (Å²) in [5.41, 5.74) is 0. The van der Waals surface area contributed by atoms with Crippen LogP contribution in [0.2, 0.25) is 0 Å². The Morgan fingerprint density at radius 1 is 0.299 bits per heavy atom. The summed E-state index contributed by atoms with van der Waals surface area (Å²) in [4.78, 5) is 72.9. The van der Waals surface area contributed by atoms with Crippen LogP contribution in [0.1, 0.15) is 402 Å². The van der Waals surface area contributed by atoms with Crippen molar-refractivity contribution in [3.63, 3.8) is 0 Å². The average Bonchev–Trinajstić information content (AvgIpc) is 1.28. The van der Waals surface area contributed by atoms with Crippen molar-refractivity contribution >= 4 is 39.5 Å². The third-order valence-electron chi connectivity index (χ3n) is 18.5. The molecule has 6 atom stereocenters. The van der Waals surface area contributed by atoms with Crippen molar-refractivity contribution in [3.05, 3.63) is 0 Å². The van der Waals surface area contributed by atoms with Crippen molar-refractivity contribution in [2.24, 2.45) is 17.8 Å². The first-order chi connectivity index (χ1) is 46.8. The maximum atomic E-state index is 13.1. The smallest absolute Gasteiger partial charge is 0.462 e. The lowest BCUT2D eigenvalue weighted by molar-refractivity contribution is -0.161. The van der Waals surface area contributed by atoms with E-state index in [1.165, 1.54) is 212 Å². The summed E-state index contributed by atoms with van der Waals surface area (Å²) in [5, 5.41) is 10.6. The van der Waals surface area contributed by atoms with Crippen LogP contribution in [-0.2, 0) is 65.4 Å². The molecule has 0 aliphatic heterocycles. The van der Waals surface area contributed by atoms with Gasteiger partial charge in [-0.25, -0.2) is 9.13 Å². The number of aliphatic hydroxyl groups excluding tert-OH is 1. The van der Waals surface area contributed by atoms with E-state index in [2.05, 4.69) is 48.5 Å². The molecule has 3 N–H and O–H groups in total. The molecule has 19 heteroatoms. The van der Waals surface area contributed by atoms with Crippen LogP contribution in [0.4, 0.5) is 0 Å². The molecule has 0 aromatic carbocycles. The van der Waals surface area contributed by atoms with E-state index in [1.54, 1.807) is 0 Å². The fourth-order valence-electron chi connectivity index (χ4n) is 11.9.